The van der Waals surface area contributed by atoms with Crippen LogP contribution in [0.3, 0.4) is 0 Å². The van der Waals surface area contributed by atoms with Gasteiger partial charge in [-0.2, -0.15) is 13.2 Å². The minimum atomic E-state index is -4.53. The third-order valence-corrected chi connectivity index (χ3v) is 4.73. The van der Waals surface area contributed by atoms with E-state index in [1.165, 1.54) is 23.2 Å². The van der Waals surface area contributed by atoms with Gasteiger partial charge in [-0.15, -0.1) is 0 Å². The minimum Gasteiger partial charge on any atom is -0.477 e. The molecule has 1 aliphatic carbocycles. The van der Waals surface area contributed by atoms with Crippen molar-refractivity contribution in [2.75, 3.05) is 13.2 Å². The van der Waals surface area contributed by atoms with Crippen molar-refractivity contribution in [3.63, 3.8) is 0 Å². The van der Waals surface area contributed by atoms with E-state index < -0.39 is 35.8 Å². The molecule has 0 aromatic carbocycles. The number of nitrogens with one attached hydrogen (secondary N) is 1. The lowest BCUT2D eigenvalue weighted by atomic mass is 9.66. The van der Waals surface area contributed by atoms with Gasteiger partial charge in [0.15, 0.2) is 6.61 Å². The van der Waals surface area contributed by atoms with E-state index in [9.17, 15) is 22.8 Å². The van der Waals surface area contributed by atoms with E-state index in [0.29, 0.717) is 5.56 Å². The lowest BCUT2D eigenvalue weighted by Crippen LogP contribution is -2.45. The minimum absolute atomic E-state index is 0.0159. The van der Waals surface area contributed by atoms with Crippen molar-refractivity contribution < 1.29 is 32.6 Å². The van der Waals surface area contributed by atoms with E-state index in [2.05, 4.69) is 9.72 Å². The number of carbonyl (C=O) groups excluding carboxylic acids is 1. The first kappa shape index (κ1) is 19.2. The SMILES string of the molecule is N=C(C(=O)O)C12C=CC1C(=O)N(Cc1cnc(OCC(F)(F)F)c(Cl)c1)C2. The number of aromatic nitrogens is 1. The molecule has 7 nitrogen and oxygen atoms in total. The molecule has 27 heavy (non-hydrogen) atoms. The van der Waals surface area contributed by atoms with Crippen molar-refractivity contribution in [2.45, 2.75) is 12.7 Å². The fraction of sp³-hybridized carbons (Fsp3) is 0.375. The van der Waals surface area contributed by atoms with Crippen LogP contribution in [0.1, 0.15) is 5.56 Å². The summed E-state index contributed by atoms with van der Waals surface area (Å²) in [6, 6.07) is 1.33. The zero-order chi connectivity index (χ0) is 20.0. The van der Waals surface area contributed by atoms with Gasteiger partial charge in [0.1, 0.15) is 10.7 Å². The molecule has 1 aromatic heterocycles. The number of hydrogen-bond acceptors (Lipinski definition) is 5. The number of alkyl halides is 3. The molecule has 2 unspecified atom stereocenters. The lowest BCUT2D eigenvalue weighted by molar-refractivity contribution is -0.154. The molecule has 0 saturated carbocycles. The summed E-state index contributed by atoms with van der Waals surface area (Å²) >= 11 is 5.89. The van der Waals surface area contributed by atoms with Crippen molar-refractivity contribution in [1.29, 1.82) is 5.41 Å². The number of aliphatic carboxylic acids is 1. The molecule has 0 spiro atoms. The highest BCUT2D eigenvalue weighted by Crippen LogP contribution is 2.47. The highest BCUT2D eigenvalue weighted by Gasteiger charge is 2.58. The summed E-state index contributed by atoms with van der Waals surface area (Å²) < 4.78 is 41.1. The van der Waals surface area contributed by atoms with Gasteiger partial charge in [-0.3, -0.25) is 10.2 Å². The second-order valence-electron chi connectivity index (χ2n) is 6.29. The van der Waals surface area contributed by atoms with E-state index in [1.807, 2.05) is 0 Å². The van der Waals surface area contributed by atoms with Crippen LogP contribution >= 0.6 is 11.6 Å². The number of pyridine rings is 1. The molecule has 11 heteroatoms. The van der Waals surface area contributed by atoms with Crippen LogP contribution < -0.4 is 4.74 Å². The van der Waals surface area contributed by atoms with Crippen LogP contribution in [0, 0.1) is 16.7 Å². The molecule has 1 saturated heterocycles. The molecule has 2 heterocycles. The third kappa shape index (κ3) is 3.48. The quantitative estimate of drug-likeness (QED) is 0.560. The Morgan fingerprint density at radius 2 is 2.22 bits per heavy atom. The summed E-state index contributed by atoms with van der Waals surface area (Å²) in [4.78, 5) is 28.7. The van der Waals surface area contributed by atoms with Crippen molar-refractivity contribution in [3.05, 3.63) is 35.0 Å². The predicted octanol–water partition coefficient (Wildman–Crippen LogP) is 2.30. The number of halogens is 4. The largest absolute Gasteiger partial charge is 0.477 e. The number of rotatable bonds is 6. The van der Waals surface area contributed by atoms with Gasteiger partial charge in [0.2, 0.25) is 11.8 Å². The normalized spacial score (nSPS) is 23.8. The molecule has 1 amide bonds. The number of fused-ring (bicyclic) bond motifs is 1. The summed E-state index contributed by atoms with van der Waals surface area (Å²) in [6.07, 6.45) is -0.209. The number of amides is 1. The van der Waals surface area contributed by atoms with E-state index in [4.69, 9.17) is 22.1 Å². The fourth-order valence-electron chi connectivity index (χ4n) is 3.15. The Bertz CT molecular complexity index is 858. The van der Waals surface area contributed by atoms with Gasteiger partial charge in [-0.05, 0) is 11.6 Å². The van der Waals surface area contributed by atoms with E-state index in [0.717, 1.165) is 0 Å². The third-order valence-electron chi connectivity index (χ3n) is 4.46. The molecule has 2 aliphatic rings. The zero-order valence-electron chi connectivity index (χ0n) is 13.6. The Morgan fingerprint density at radius 1 is 1.52 bits per heavy atom. The molecular weight excluding hydrogens is 391 g/mol. The maximum Gasteiger partial charge on any atom is 0.422 e. The van der Waals surface area contributed by atoms with Crippen LogP contribution in [-0.4, -0.2) is 51.9 Å². The highest BCUT2D eigenvalue weighted by atomic mass is 35.5. The van der Waals surface area contributed by atoms with Crippen LogP contribution in [0.15, 0.2) is 24.4 Å². The lowest BCUT2D eigenvalue weighted by Gasteiger charge is -2.34. The molecule has 1 fully saturated rings. The summed E-state index contributed by atoms with van der Waals surface area (Å²) in [5.74, 6) is -2.82. The van der Waals surface area contributed by atoms with Gasteiger partial charge in [0, 0.05) is 19.3 Å². The summed E-state index contributed by atoms with van der Waals surface area (Å²) in [6.45, 7) is -1.49. The number of likely N-dealkylation sites (tertiary alicyclic amines) is 1. The first-order valence-corrected chi connectivity index (χ1v) is 8.06. The van der Waals surface area contributed by atoms with Crippen LogP contribution in [0.25, 0.3) is 0 Å². The van der Waals surface area contributed by atoms with Crippen molar-refractivity contribution in [3.8, 4) is 5.88 Å². The van der Waals surface area contributed by atoms with Gasteiger partial charge in [-0.1, -0.05) is 23.8 Å². The molecule has 144 valence electrons. The maximum atomic E-state index is 12.5. The van der Waals surface area contributed by atoms with Gasteiger partial charge in [0.05, 0.1) is 11.3 Å². The highest BCUT2D eigenvalue weighted by molar-refractivity contribution is 6.38. The summed E-state index contributed by atoms with van der Waals surface area (Å²) in [5, 5.41) is 16.7. The molecule has 1 aliphatic heterocycles. The monoisotopic (exact) mass is 403 g/mol. The fourth-order valence-corrected chi connectivity index (χ4v) is 3.39. The van der Waals surface area contributed by atoms with Crippen LogP contribution in [0.2, 0.25) is 5.02 Å². The Hall–Kier alpha value is -2.62. The Kier molecular flexibility index (Phi) is 4.62. The second-order valence-corrected chi connectivity index (χ2v) is 6.69. The first-order chi connectivity index (χ1) is 12.5. The van der Waals surface area contributed by atoms with E-state index in [-0.39, 0.29) is 29.9 Å². The number of carboxylic acids is 1. The molecule has 0 radical (unpaired) electrons. The smallest absolute Gasteiger partial charge is 0.422 e. The standard InChI is InChI=1S/C16H13ClF3N3O4/c17-10-3-8(4-22-12(10)27-7-16(18,19)20)5-23-6-15(11(21)14(25)26)2-1-9(15)13(23)24/h1-4,9,21H,5-7H2,(H,25,26). The Morgan fingerprint density at radius 3 is 2.74 bits per heavy atom. The molecule has 3 rings (SSSR count). The molecular formula is C16H13ClF3N3O4. The Balaban J connectivity index is 1.71. The van der Waals surface area contributed by atoms with Crippen molar-refractivity contribution in [1.82, 2.24) is 9.88 Å². The number of nitrogens with zero attached hydrogens (tertiary/aromatic N) is 2. The van der Waals surface area contributed by atoms with Crippen molar-refractivity contribution >= 4 is 29.2 Å². The van der Waals surface area contributed by atoms with Gasteiger partial charge < -0.3 is 14.7 Å². The molecule has 1 aromatic rings. The average molecular weight is 404 g/mol. The molecule has 2 N–H and O–H groups in total. The van der Waals surface area contributed by atoms with E-state index in [1.54, 1.807) is 6.08 Å². The number of carboxylic acid groups (broad SMARTS) is 1. The van der Waals surface area contributed by atoms with Crippen LogP contribution in [0.4, 0.5) is 13.2 Å². The number of ether oxygens (including phenoxy) is 1. The summed E-state index contributed by atoms with van der Waals surface area (Å²) in [5.41, 5.74) is -1.28. The van der Waals surface area contributed by atoms with E-state index >= 15 is 0 Å². The second kappa shape index (κ2) is 6.52. The summed E-state index contributed by atoms with van der Waals surface area (Å²) in [7, 11) is 0. The average Bonchev–Trinajstić information content (AvgIpc) is 2.72. The van der Waals surface area contributed by atoms with Gasteiger partial charge in [-0.25, -0.2) is 9.78 Å². The van der Waals surface area contributed by atoms with Gasteiger partial charge in [0.25, 0.3) is 0 Å². The van der Waals surface area contributed by atoms with Crippen LogP contribution in [0.5, 0.6) is 5.88 Å². The topological polar surface area (TPSA) is 104 Å². The van der Waals surface area contributed by atoms with Crippen molar-refractivity contribution in [2.24, 2.45) is 11.3 Å². The predicted molar refractivity (Wildman–Crippen MR) is 86.6 cm³/mol. The molecule has 0 bridgehead atoms. The van der Waals surface area contributed by atoms with Gasteiger partial charge >= 0.3 is 12.1 Å². The maximum absolute atomic E-state index is 12.5. The zero-order valence-corrected chi connectivity index (χ0v) is 14.3. The number of hydrogen-bond donors (Lipinski definition) is 2. The first-order valence-electron chi connectivity index (χ1n) is 7.68. The van der Waals surface area contributed by atoms with Crippen LogP contribution in [-0.2, 0) is 16.1 Å². The Labute approximate surface area is 155 Å². The molecule has 2 atom stereocenters. The number of carbonyl (C=O) groups is 2.